The van der Waals surface area contributed by atoms with Crippen LogP contribution >= 0.6 is 12.6 Å². The predicted octanol–water partition coefficient (Wildman–Crippen LogP) is 15.3. The maximum Gasteiger partial charge on any atom is 0.647 e. The van der Waals surface area contributed by atoms with E-state index in [0.717, 1.165) is 51.4 Å². The van der Waals surface area contributed by atoms with Gasteiger partial charge in [-0.2, -0.15) is 12.6 Å². The molecule has 0 aromatic carbocycles. The van der Waals surface area contributed by atoms with Crippen LogP contribution in [0.3, 0.4) is 0 Å². The average Bonchev–Trinajstić information content (AvgIpc) is 3.16. The van der Waals surface area contributed by atoms with Gasteiger partial charge in [-0.1, -0.05) is 233 Å². The molecule has 0 aliphatic carbocycles. The van der Waals surface area contributed by atoms with Gasteiger partial charge in [0, 0.05) is 18.1 Å². The van der Waals surface area contributed by atoms with E-state index in [1.165, 1.54) is 180 Å². The molecule has 322 valence electrons. The van der Waals surface area contributed by atoms with Crippen molar-refractivity contribution in [1.82, 2.24) is 0 Å². The molecule has 0 saturated carbocycles. The molecule has 0 amide bonds. The lowest BCUT2D eigenvalue weighted by Gasteiger charge is -2.21. The molecule has 54 heavy (non-hydrogen) atoms. The Morgan fingerprint density at radius 3 is 0.981 bits per heavy atom. The first-order chi connectivity index (χ1) is 26.4. The fourth-order valence-electron chi connectivity index (χ4n) is 7.07. The van der Waals surface area contributed by atoms with Gasteiger partial charge < -0.3 is 8.85 Å². The highest BCUT2D eigenvalue weighted by molar-refractivity contribution is 7.81. The standard InChI is InChI=1S/C46H92O6SSi/c1-5-8-11-14-16-18-20-22-24-26-28-30-32-35-38-41-45(47)50-54(52-49-43(4)44(53)40-37-34-13-10-7-3)51-46(48)42-39-36-33-31-29-27-25-23-21-19-17-15-12-9-6-2/h43-44,53-54H,5-42H2,1-4H3. The van der Waals surface area contributed by atoms with E-state index in [1.807, 2.05) is 6.92 Å². The minimum absolute atomic E-state index is 0.00619. The lowest BCUT2D eigenvalue weighted by Crippen LogP contribution is -2.35. The number of rotatable bonds is 44. The van der Waals surface area contributed by atoms with E-state index < -0.39 is 9.53 Å². The van der Waals surface area contributed by atoms with Crippen LogP contribution in [0.5, 0.6) is 0 Å². The highest BCUT2D eigenvalue weighted by Gasteiger charge is 2.28. The third-order valence-electron chi connectivity index (χ3n) is 10.9. The van der Waals surface area contributed by atoms with Gasteiger partial charge in [-0.3, -0.25) is 9.59 Å². The van der Waals surface area contributed by atoms with E-state index >= 15 is 0 Å². The van der Waals surface area contributed by atoms with E-state index in [4.69, 9.17) is 30.9 Å². The summed E-state index contributed by atoms with van der Waals surface area (Å²) < 4.78 is 16.8. The summed E-state index contributed by atoms with van der Waals surface area (Å²) >= 11 is 4.73. The largest absolute Gasteiger partial charge is 0.647 e. The van der Waals surface area contributed by atoms with Crippen molar-refractivity contribution in [2.45, 2.75) is 283 Å². The molecule has 0 spiro atoms. The highest BCUT2D eigenvalue weighted by atomic mass is 32.1. The smallest absolute Gasteiger partial charge is 0.465 e. The Labute approximate surface area is 343 Å². The molecule has 0 N–H and O–H groups in total. The zero-order valence-corrected chi connectivity index (χ0v) is 38.5. The fourth-order valence-corrected chi connectivity index (χ4v) is 8.36. The van der Waals surface area contributed by atoms with Gasteiger partial charge in [0.25, 0.3) is 11.9 Å². The summed E-state index contributed by atoms with van der Waals surface area (Å²) in [5.41, 5.74) is 0. The molecule has 0 heterocycles. The van der Waals surface area contributed by atoms with Crippen LogP contribution in [0.25, 0.3) is 0 Å². The minimum Gasteiger partial charge on any atom is -0.465 e. The number of thiol groups is 1. The van der Waals surface area contributed by atoms with Crippen molar-refractivity contribution < 1.29 is 27.9 Å². The van der Waals surface area contributed by atoms with Crippen LogP contribution in [0.1, 0.15) is 272 Å². The third-order valence-corrected chi connectivity index (χ3v) is 12.7. The summed E-state index contributed by atoms with van der Waals surface area (Å²) in [6.07, 6.45) is 45.5. The molecular formula is C46H92O6SSi. The Balaban J connectivity index is 4.31. The molecule has 0 bridgehead atoms. The van der Waals surface area contributed by atoms with E-state index in [9.17, 15) is 9.59 Å². The maximum absolute atomic E-state index is 12.8. The van der Waals surface area contributed by atoms with Crippen molar-refractivity contribution in [1.29, 1.82) is 0 Å². The Kier molecular flexibility index (Phi) is 43.1. The first-order valence-electron chi connectivity index (χ1n) is 23.8. The Morgan fingerprint density at radius 2 is 0.685 bits per heavy atom. The topological polar surface area (TPSA) is 71.1 Å². The molecule has 2 unspecified atom stereocenters. The molecule has 0 aromatic rings. The zero-order valence-electron chi connectivity index (χ0n) is 36.5. The van der Waals surface area contributed by atoms with E-state index in [2.05, 4.69) is 20.8 Å². The van der Waals surface area contributed by atoms with E-state index in [0.29, 0.717) is 12.8 Å². The summed E-state index contributed by atoms with van der Waals surface area (Å²) in [4.78, 5) is 31.1. The van der Waals surface area contributed by atoms with Gasteiger partial charge in [-0.05, 0) is 26.2 Å². The first-order valence-corrected chi connectivity index (χ1v) is 25.8. The summed E-state index contributed by atoms with van der Waals surface area (Å²) in [6.45, 7) is 8.67. The van der Waals surface area contributed by atoms with Crippen molar-refractivity contribution in [2.75, 3.05) is 0 Å². The van der Waals surface area contributed by atoms with Crippen molar-refractivity contribution >= 4 is 34.1 Å². The monoisotopic (exact) mass is 801 g/mol. The van der Waals surface area contributed by atoms with Crippen LogP contribution < -0.4 is 0 Å². The van der Waals surface area contributed by atoms with Crippen LogP contribution in [-0.4, -0.2) is 32.8 Å². The van der Waals surface area contributed by atoms with Gasteiger partial charge in [0.05, 0.1) is 0 Å². The van der Waals surface area contributed by atoms with Gasteiger partial charge in [0.1, 0.15) is 6.10 Å². The molecule has 8 heteroatoms. The second-order valence-corrected chi connectivity index (χ2v) is 18.2. The Morgan fingerprint density at radius 1 is 0.426 bits per heavy atom. The number of hydrogen-bond acceptors (Lipinski definition) is 7. The number of hydrogen-bond donors (Lipinski definition) is 1. The SMILES string of the molecule is CCCCCCCCCCCCCCCCCC(=O)O[SiH](OOC(C)C(S)CCCCCCC)OC(=O)CCCCCCCCCCCCCCCCC. The van der Waals surface area contributed by atoms with Crippen molar-refractivity contribution in [3.63, 3.8) is 0 Å². The fraction of sp³-hybridized carbons (Fsp3) is 0.957. The van der Waals surface area contributed by atoms with Crippen molar-refractivity contribution in [3.8, 4) is 0 Å². The van der Waals surface area contributed by atoms with Crippen LogP contribution in [0.2, 0.25) is 0 Å². The molecular weight excluding hydrogens is 709 g/mol. The van der Waals surface area contributed by atoms with Crippen molar-refractivity contribution in [3.05, 3.63) is 0 Å². The lowest BCUT2D eigenvalue weighted by molar-refractivity contribution is -0.267. The zero-order chi connectivity index (χ0) is 39.6. The average molecular weight is 801 g/mol. The van der Waals surface area contributed by atoms with Gasteiger partial charge in [0.2, 0.25) is 0 Å². The second kappa shape index (κ2) is 43.5. The van der Waals surface area contributed by atoms with Crippen LogP contribution in [0.4, 0.5) is 0 Å². The third kappa shape index (κ3) is 39.7. The lowest BCUT2D eigenvalue weighted by atomic mass is 10.0. The molecule has 0 aromatic heterocycles. The first kappa shape index (κ1) is 53.4. The molecule has 0 fully saturated rings. The summed E-state index contributed by atoms with van der Waals surface area (Å²) in [7, 11) is -3.13. The van der Waals surface area contributed by atoms with Gasteiger partial charge in [-0.25, -0.2) is 9.46 Å². The molecule has 6 nitrogen and oxygen atoms in total. The number of carbonyl (C=O) groups is 2. The van der Waals surface area contributed by atoms with E-state index in [1.54, 1.807) is 0 Å². The molecule has 0 aliphatic rings. The van der Waals surface area contributed by atoms with Gasteiger partial charge in [-0.15, -0.1) is 0 Å². The van der Waals surface area contributed by atoms with E-state index in [-0.39, 0.29) is 23.3 Å². The normalized spacial score (nSPS) is 12.7. The quantitative estimate of drug-likeness (QED) is 0.0218. The minimum atomic E-state index is -3.13. The molecule has 0 rings (SSSR count). The predicted molar refractivity (Wildman–Crippen MR) is 236 cm³/mol. The summed E-state index contributed by atoms with van der Waals surface area (Å²) in [5, 5.41) is -0.00619. The molecule has 2 atom stereocenters. The second-order valence-electron chi connectivity index (χ2n) is 16.3. The maximum atomic E-state index is 12.8. The van der Waals surface area contributed by atoms with Crippen LogP contribution in [0, 0.1) is 0 Å². The number of unbranched alkanes of at least 4 members (excludes halogenated alkanes) is 32. The van der Waals surface area contributed by atoms with Crippen LogP contribution in [0.15, 0.2) is 0 Å². The highest BCUT2D eigenvalue weighted by Crippen LogP contribution is 2.19. The molecule has 0 saturated heterocycles. The number of carbonyl (C=O) groups excluding carboxylic acids is 2. The van der Waals surface area contributed by atoms with Gasteiger partial charge in [0.15, 0.2) is 0 Å². The summed E-state index contributed by atoms with van der Waals surface area (Å²) in [5.74, 6) is -0.730. The summed E-state index contributed by atoms with van der Waals surface area (Å²) in [6, 6.07) is 0. The van der Waals surface area contributed by atoms with Gasteiger partial charge >= 0.3 is 9.53 Å². The Bertz CT molecular complexity index is 738. The molecule has 0 aliphatic heterocycles. The molecule has 0 radical (unpaired) electrons. The van der Waals surface area contributed by atoms with Crippen molar-refractivity contribution in [2.24, 2.45) is 0 Å². The van der Waals surface area contributed by atoms with Crippen LogP contribution in [-0.2, 0) is 27.9 Å². The Hall–Kier alpha value is -0.573.